The van der Waals surface area contributed by atoms with Gasteiger partial charge in [0, 0.05) is 12.1 Å². The summed E-state index contributed by atoms with van der Waals surface area (Å²) in [6.45, 7) is 6.26. The summed E-state index contributed by atoms with van der Waals surface area (Å²) in [5.74, 6) is 1.03. The zero-order valence-electron chi connectivity index (χ0n) is 16.5. The Morgan fingerprint density at radius 3 is 2.29 bits per heavy atom. The number of aromatic nitrogens is 2. The third-order valence-corrected chi connectivity index (χ3v) is 6.71. The van der Waals surface area contributed by atoms with Gasteiger partial charge in [0.2, 0.25) is 9.84 Å². The van der Waals surface area contributed by atoms with Crippen LogP contribution in [0.15, 0.2) is 58.6 Å². The van der Waals surface area contributed by atoms with Gasteiger partial charge in [-0.25, -0.2) is 13.4 Å². The number of halogens is 1. The lowest BCUT2D eigenvalue weighted by atomic mass is 9.87. The van der Waals surface area contributed by atoms with Crippen molar-refractivity contribution in [1.29, 1.82) is 0 Å². The Kier molecular flexibility index (Phi) is 5.30. The molecule has 0 N–H and O–H groups in total. The molecule has 5 nitrogen and oxygen atoms in total. The molecule has 0 aliphatic heterocycles. The monoisotopic (exact) mass is 418 g/mol. The molecule has 7 heteroatoms. The fourth-order valence-corrected chi connectivity index (χ4v) is 4.55. The van der Waals surface area contributed by atoms with Crippen LogP contribution >= 0.6 is 11.6 Å². The summed E-state index contributed by atoms with van der Waals surface area (Å²) in [5.41, 5.74) is 1.65. The van der Waals surface area contributed by atoms with Crippen LogP contribution in [-0.2, 0) is 22.3 Å². The first-order chi connectivity index (χ1) is 13.1. The highest BCUT2D eigenvalue weighted by Gasteiger charge is 2.25. The van der Waals surface area contributed by atoms with Crippen molar-refractivity contribution in [2.45, 2.75) is 36.1 Å². The SMILES string of the molecule is COc1ccc(Cl)cc1-c1ncc(S(=O)(=O)c2ccc(C(C)(C)C)cc2)n1C. The van der Waals surface area contributed by atoms with Gasteiger partial charge in [-0.05, 0) is 41.3 Å². The molecular weight excluding hydrogens is 396 g/mol. The molecule has 148 valence electrons. The van der Waals surface area contributed by atoms with Crippen molar-refractivity contribution in [3.05, 3.63) is 59.2 Å². The van der Waals surface area contributed by atoms with E-state index in [1.807, 2.05) is 12.1 Å². The summed E-state index contributed by atoms with van der Waals surface area (Å²) in [6, 6.07) is 12.1. The summed E-state index contributed by atoms with van der Waals surface area (Å²) in [5, 5.41) is 0.619. The predicted molar refractivity (Wildman–Crippen MR) is 111 cm³/mol. The lowest BCUT2D eigenvalue weighted by molar-refractivity contribution is 0.416. The number of methoxy groups -OCH3 is 1. The number of rotatable bonds is 4. The number of sulfone groups is 1. The van der Waals surface area contributed by atoms with Crippen LogP contribution in [0.3, 0.4) is 0 Å². The van der Waals surface area contributed by atoms with Gasteiger partial charge in [0.25, 0.3) is 0 Å². The van der Waals surface area contributed by atoms with Crippen molar-refractivity contribution in [1.82, 2.24) is 9.55 Å². The van der Waals surface area contributed by atoms with Crippen LogP contribution in [0.5, 0.6) is 5.75 Å². The molecule has 3 rings (SSSR count). The van der Waals surface area contributed by atoms with E-state index in [1.54, 1.807) is 49.1 Å². The standard InChI is InChI=1S/C21H23ClN2O3S/c1-21(2,3)14-6-9-16(10-7-14)28(25,26)19-13-23-20(24(19)4)17-12-15(22)8-11-18(17)27-5/h6-13H,1-5H3. The van der Waals surface area contributed by atoms with E-state index < -0.39 is 9.84 Å². The van der Waals surface area contributed by atoms with Gasteiger partial charge in [-0.1, -0.05) is 44.5 Å². The topological polar surface area (TPSA) is 61.2 Å². The number of hydrogen-bond donors (Lipinski definition) is 0. The highest BCUT2D eigenvalue weighted by Crippen LogP contribution is 2.34. The second kappa shape index (κ2) is 7.26. The van der Waals surface area contributed by atoms with Crippen molar-refractivity contribution in [3.63, 3.8) is 0 Å². The average molecular weight is 419 g/mol. The molecule has 0 spiro atoms. The molecule has 0 atom stereocenters. The molecular formula is C21H23ClN2O3S. The molecule has 0 radical (unpaired) electrons. The Bertz CT molecular complexity index is 1110. The van der Waals surface area contributed by atoms with Crippen molar-refractivity contribution in [2.75, 3.05) is 7.11 Å². The van der Waals surface area contributed by atoms with Gasteiger partial charge in [0.15, 0.2) is 5.03 Å². The number of nitrogens with zero attached hydrogens (tertiary/aromatic N) is 2. The second-order valence-corrected chi connectivity index (χ2v) is 9.93. The highest BCUT2D eigenvalue weighted by molar-refractivity contribution is 7.91. The van der Waals surface area contributed by atoms with Gasteiger partial charge in [-0.15, -0.1) is 0 Å². The first kappa shape index (κ1) is 20.4. The van der Waals surface area contributed by atoms with Crippen LogP contribution in [0.4, 0.5) is 0 Å². The summed E-state index contributed by atoms with van der Waals surface area (Å²) >= 11 is 6.11. The maximum atomic E-state index is 13.2. The summed E-state index contributed by atoms with van der Waals surface area (Å²) < 4.78 is 33.2. The van der Waals surface area contributed by atoms with Gasteiger partial charge in [0.1, 0.15) is 11.6 Å². The quantitative estimate of drug-likeness (QED) is 0.605. The lowest BCUT2D eigenvalue weighted by Gasteiger charge is -2.19. The van der Waals surface area contributed by atoms with E-state index in [9.17, 15) is 8.42 Å². The Morgan fingerprint density at radius 2 is 1.71 bits per heavy atom. The number of hydrogen-bond acceptors (Lipinski definition) is 4. The van der Waals surface area contributed by atoms with Crippen LogP contribution in [0, 0.1) is 0 Å². The molecule has 0 unspecified atom stereocenters. The van der Waals surface area contributed by atoms with Crippen molar-refractivity contribution >= 4 is 21.4 Å². The molecule has 2 aromatic carbocycles. The Morgan fingerprint density at radius 1 is 1.07 bits per heavy atom. The van der Waals surface area contributed by atoms with Gasteiger partial charge in [-0.3, -0.25) is 0 Å². The zero-order valence-corrected chi connectivity index (χ0v) is 18.1. The van der Waals surface area contributed by atoms with E-state index in [0.29, 0.717) is 22.2 Å². The minimum absolute atomic E-state index is 0.0505. The molecule has 0 saturated heterocycles. The van der Waals surface area contributed by atoms with Crippen LogP contribution in [0.2, 0.25) is 5.02 Å². The van der Waals surface area contributed by atoms with Crippen LogP contribution in [-0.4, -0.2) is 25.1 Å². The lowest BCUT2D eigenvalue weighted by Crippen LogP contribution is -2.12. The van der Waals surface area contributed by atoms with Crippen LogP contribution < -0.4 is 4.74 Å². The largest absolute Gasteiger partial charge is 0.496 e. The average Bonchev–Trinajstić information content (AvgIpc) is 3.03. The Balaban J connectivity index is 2.07. The van der Waals surface area contributed by atoms with E-state index in [1.165, 1.54) is 6.20 Å². The second-order valence-electron chi connectivity index (χ2n) is 7.60. The van der Waals surface area contributed by atoms with Crippen LogP contribution in [0.25, 0.3) is 11.4 Å². The normalized spacial score (nSPS) is 12.2. The van der Waals surface area contributed by atoms with Crippen LogP contribution in [0.1, 0.15) is 26.3 Å². The molecule has 0 aliphatic carbocycles. The third-order valence-electron chi connectivity index (χ3n) is 4.65. The molecule has 1 heterocycles. The van der Waals surface area contributed by atoms with E-state index in [0.717, 1.165) is 5.56 Å². The molecule has 28 heavy (non-hydrogen) atoms. The number of benzene rings is 2. The van der Waals surface area contributed by atoms with Crippen molar-refractivity contribution in [2.24, 2.45) is 7.05 Å². The minimum atomic E-state index is -3.72. The molecule has 1 aromatic heterocycles. The number of ether oxygens (including phenoxy) is 1. The molecule has 0 aliphatic rings. The van der Waals surface area contributed by atoms with Gasteiger partial charge in [0.05, 0.1) is 23.8 Å². The summed E-state index contributed by atoms with van der Waals surface area (Å²) in [7, 11) is -0.511. The van der Waals surface area contributed by atoms with E-state index >= 15 is 0 Å². The first-order valence-electron chi connectivity index (χ1n) is 8.77. The van der Waals surface area contributed by atoms with Gasteiger partial charge in [-0.2, -0.15) is 0 Å². The molecule has 0 fully saturated rings. The third kappa shape index (κ3) is 3.66. The van der Waals surface area contributed by atoms with Crippen molar-refractivity contribution < 1.29 is 13.2 Å². The molecule has 0 saturated carbocycles. The Labute approximate surface area is 170 Å². The van der Waals surface area contributed by atoms with E-state index in [-0.39, 0.29) is 15.3 Å². The fourth-order valence-electron chi connectivity index (χ4n) is 3.00. The maximum absolute atomic E-state index is 13.2. The predicted octanol–water partition coefficient (Wildman–Crippen LogP) is 4.88. The number of imidazole rings is 1. The first-order valence-corrected chi connectivity index (χ1v) is 10.6. The molecule has 3 aromatic rings. The summed E-state index contributed by atoms with van der Waals surface area (Å²) in [4.78, 5) is 4.56. The molecule has 0 bridgehead atoms. The highest BCUT2D eigenvalue weighted by atomic mass is 35.5. The minimum Gasteiger partial charge on any atom is -0.496 e. The van der Waals surface area contributed by atoms with E-state index in [2.05, 4.69) is 25.8 Å². The maximum Gasteiger partial charge on any atom is 0.223 e. The fraction of sp³-hybridized carbons (Fsp3) is 0.286. The smallest absolute Gasteiger partial charge is 0.223 e. The summed E-state index contributed by atoms with van der Waals surface area (Å²) in [6.07, 6.45) is 1.36. The van der Waals surface area contributed by atoms with Gasteiger partial charge >= 0.3 is 0 Å². The van der Waals surface area contributed by atoms with E-state index in [4.69, 9.17) is 16.3 Å². The van der Waals surface area contributed by atoms with Crippen molar-refractivity contribution in [3.8, 4) is 17.1 Å². The molecule has 0 amide bonds. The zero-order chi connectivity index (χ0) is 20.7. The Hall–Kier alpha value is -2.31. The van der Waals surface area contributed by atoms with Gasteiger partial charge < -0.3 is 9.30 Å².